The number of nitrogens with two attached hydrogens (primary N) is 1. The number of nitrogens with one attached hydrogen (secondary N) is 1. The number of terminal acetylenes is 1. The van der Waals surface area contributed by atoms with Crippen LogP contribution in [-0.2, 0) is 10.3 Å². The van der Waals surface area contributed by atoms with Crippen LogP contribution in [0.15, 0.2) is 40.5 Å². The summed E-state index contributed by atoms with van der Waals surface area (Å²) in [5, 5.41) is 11.6. The van der Waals surface area contributed by atoms with Crippen molar-refractivity contribution in [3.63, 3.8) is 0 Å². The molecule has 0 saturated carbocycles. The molecule has 1 aromatic rings. The molecular formula is C18H21ClFN5O2. The van der Waals surface area contributed by atoms with Gasteiger partial charge in [-0.1, -0.05) is 19.4 Å². The third kappa shape index (κ3) is 6.16. The third-order valence-corrected chi connectivity index (χ3v) is 3.83. The van der Waals surface area contributed by atoms with Gasteiger partial charge in [0.25, 0.3) is 5.91 Å². The van der Waals surface area contributed by atoms with Gasteiger partial charge in [-0.15, -0.1) is 11.6 Å². The molecule has 0 fully saturated rings. The Morgan fingerprint density at radius 2 is 2.37 bits per heavy atom. The number of allylic oxidation sites excluding steroid dienone is 1. The van der Waals surface area contributed by atoms with Crippen molar-refractivity contribution in [1.29, 1.82) is 0 Å². The van der Waals surface area contributed by atoms with E-state index in [0.717, 1.165) is 0 Å². The number of alkyl halides is 2. The average molecular weight is 394 g/mol. The molecule has 1 unspecified atom stereocenters. The van der Waals surface area contributed by atoms with Crippen molar-refractivity contribution in [1.82, 2.24) is 4.98 Å². The van der Waals surface area contributed by atoms with Crippen LogP contribution in [0.4, 0.5) is 10.2 Å². The molecule has 0 saturated heterocycles. The molecule has 1 atom stereocenters. The fourth-order valence-electron chi connectivity index (χ4n) is 2.22. The number of aliphatic imine (C=N–C) groups is 2. The summed E-state index contributed by atoms with van der Waals surface area (Å²) in [4.78, 5) is 24.1. The molecule has 1 heterocycles. The lowest BCUT2D eigenvalue weighted by Gasteiger charge is -2.26. The van der Waals surface area contributed by atoms with Crippen molar-refractivity contribution in [3.05, 3.63) is 36.0 Å². The first kappa shape index (κ1) is 22.3. The van der Waals surface area contributed by atoms with Crippen LogP contribution in [0.3, 0.4) is 0 Å². The van der Waals surface area contributed by atoms with Crippen LogP contribution in [0, 0.1) is 12.5 Å². The van der Waals surface area contributed by atoms with Gasteiger partial charge >= 0.3 is 0 Å². The molecule has 0 bridgehead atoms. The summed E-state index contributed by atoms with van der Waals surface area (Å²) in [5.74, 6) is -0.346. The highest BCUT2D eigenvalue weighted by Gasteiger charge is 2.31. The minimum Gasteiger partial charge on any atom is -0.388 e. The molecule has 0 aliphatic heterocycles. The SMILES string of the molecule is C#CN=C(/C=C\CCl)C(=O)Nc1cc(C(CC)(CF)N=C(N)CO)ccn1. The summed E-state index contributed by atoms with van der Waals surface area (Å²) < 4.78 is 13.8. The standard InChI is InChI=1S/C18H21ClFN5O2/c1-3-18(12-20,25-15(21)11-26)13-7-9-23-16(10-13)24-17(27)14(22-4-2)6-5-8-19/h2,5-7,9-10,26H,3,8,11-12H2,1H3,(H2,21,25)(H,23,24,27)/b6-5-,22-14?. The van der Waals surface area contributed by atoms with Gasteiger partial charge in [0.15, 0.2) is 0 Å². The highest BCUT2D eigenvalue weighted by atomic mass is 35.5. The van der Waals surface area contributed by atoms with Gasteiger partial charge in [0.1, 0.15) is 36.2 Å². The molecule has 7 nitrogen and oxygen atoms in total. The average Bonchev–Trinajstić information content (AvgIpc) is 2.69. The Kier molecular flexibility index (Phi) is 9.13. The maximum atomic E-state index is 13.8. The predicted octanol–water partition coefficient (Wildman–Crippen LogP) is 1.77. The largest absolute Gasteiger partial charge is 0.388 e. The van der Waals surface area contributed by atoms with Gasteiger partial charge in [-0.3, -0.25) is 9.79 Å². The number of amidine groups is 1. The minimum absolute atomic E-state index is 0.0276. The Hall–Kier alpha value is -2.76. The summed E-state index contributed by atoms with van der Waals surface area (Å²) in [6.07, 6.45) is 9.70. The topological polar surface area (TPSA) is 113 Å². The van der Waals surface area contributed by atoms with Gasteiger partial charge in [0.2, 0.25) is 0 Å². The number of carbonyl (C=O) groups is 1. The Morgan fingerprint density at radius 3 is 2.93 bits per heavy atom. The molecule has 1 aromatic heterocycles. The first-order valence-electron chi connectivity index (χ1n) is 8.01. The van der Waals surface area contributed by atoms with Crippen LogP contribution >= 0.6 is 11.6 Å². The zero-order chi connectivity index (χ0) is 20.3. The minimum atomic E-state index is -1.29. The summed E-state index contributed by atoms with van der Waals surface area (Å²) >= 11 is 5.55. The van der Waals surface area contributed by atoms with E-state index in [1.165, 1.54) is 24.4 Å². The number of rotatable bonds is 9. The van der Waals surface area contributed by atoms with E-state index in [2.05, 4.69) is 20.3 Å². The van der Waals surface area contributed by atoms with E-state index >= 15 is 0 Å². The van der Waals surface area contributed by atoms with Crippen LogP contribution in [0.2, 0.25) is 0 Å². The number of hydrogen-bond acceptors (Lipinski definition) is 5. The summed E-state index contributed by atoms with van der Waals surface area (Å²) in [6.45, 7) is 0.403. The number of nitrogens with zero attached hydrogens (tertiary/aromatic N) is 3. The Balaban J connectivity index is 3.21. The molecule has 1 amide bonds. The third-order valence-electron chi connectivity index (χ3n) is 3.65. The maximum absolute atomic E-state index is 13.8. The van der Waals surface area contributed by atoms with Crippen LogP contribution in [0.5, 0.6) is 0 Å². The number of aliphatic hydroxyl groups excluding tert-OH is 1. The van der Waals surface area contributed by atoms with Crippen LogP contribution in [-0.4, -0.2) is 46.7 Å². The zero-order valence-corrected chi connectivity index (χ0v) is 15.6. The number of aromatic nitrogens is 1. The van der Waals surface area contributed by atoms with Gasteiger partial charge in [-0.2, -0.15) is 4.99 Å². The molecule has 0 radical (unpaired) electrons. The number of halogens is 2. The summed E-state index contributed by atoms with van der Waals surface area (Å²) in [5.41, 5.74) is 4.71. The molecule has 9 heteroatoms. The second kappa shape index (κ2) is 11.1. The van der Waals surface area contributed by atoms with Crippen molar-refractivity contribution >= 4 is 34.9 Å². The predicted molar refractivity (Wildman–Crippen MR) is 106 cm³/mol. The maximum Gasteiger partial charge on any atom is 0.276 e. The van der Waals surface area contributed by atoms with Crippen molar-refractivity contribution in [3.8, 4) is 12.5 Å². The van der Waals surface area contributed by atoms with E-state index in [1.807, 2.05) is 6.04 Å². The molecule has 1 rings (SSSR count). The van der Waals surface area contributed by atoms with E-state index in [9.17, 15) is 9.18 Å². The summed E-state index contributed by atoms with van der Waals surface area (Å²) in [7, 11) is 0. The number of amides is 1. The van der Waals surface area contributed by atoms with E-state index in [1.54, 1.807) is 13.0 Å². The fourth-order valence-corrected chi connectivity index (χ4v) is 2.31. The normalized spacial score (nSPS) is 14.6. The monoisotopic (exact) mass is 393 g/mol. The molecule has 0 aliphatic carbocycles. The van der Waals surface area contributed by atoms with E-state index in [-0.39, 0.29) is 29.7 Å². The van der Waals surface area contributed by atoms with Gasteiger partial charge < -0.3 is 16.2 Å². The number of hydrogen-bond donors (Lipinski definition) is 3. The van der Waals surface area contributed by atoms with Crippen LogP contribution in [0.1, 0.15) is 18.9 Å². The van der Waals surface area contributed by atoms with E-state index in [4.69, 9.17) is 28.9 Å². The molecule has 0 spiro atoms. The molecule has 144 valence electrons. The smallest absolute Gasteiger partial charge is 0.276 e. The quantitative estimate of drug-likeness (QED) is 0.257. The molecule has 4 N–H and O–H groups in total. The van der Waals surface area contributed by atoms with Gasteiger partial charge in [0.05, 0.1) is 0 Å². The highest BCUT2D eigenvalue weighted by molar-refractivity contribution is 6.47. The van der Waals surface area contributed by atoms with E-state index in [0.29, 0.717) is 5.56 Å². The van der Waals surface area contributed by atoms with Crippen molar-refractivity contribution in [2.24, 2.45) is 15.7 Å². The molecule has 0 aliphatic rings. The fraction of sp³-hybridized carbons (Fsp3) is 0.333. The second-order valence-corrected chi connectivity index (χ2v) is 5.66. The van der Waals surface area contributed by atoms with Crippen molar-refractivity contribution in [2.75, 3.05) is 24.5 Å². The van der Waals surface area contributed by atoms with Crippen LogP contribution < -0.4 is 11.1 Å². The lowest BCUT2D eigenvalue weighted by atomic mass is 9.89. The Labute approximate surface area is 162 Å². The molecule has 27 heavy (non-hydrogen) atoms. The van der Waals surface area contributed by atoms with Crippen molar-refractivity contribution < 1.29 is 14.3 Å². The van der Waals surface area contributed by atoms with Gasteiger partial charge in [0, 0.05) is 18.1 Å². The van der Waals surface area contributed by atoms with Gasteiger partial charge in [-0.25, -0.2) is 9.37 Å². The molecular weight excluding hydrogens is 373 g/mol. The summed E-state index contributed by atoms with van der Waals surface area (Å²) in [6, 6.07) is 5.08. The lowest BCUT2D eigenvalue weighted by Crippen LogP contribution is -2.31. The highest BCUT2D eigenvalue weighted by Crippen LogP contribution is 2.31. The number of aliphatic hydroxyl groups is 1. The zero-order valence-electron chi connectivity index (χ0n) is 14.8. The number of carbonyl (C=O) groups excluding carboxylic acids is 1. The van der Waals surface area contributed by atoms with E-state index < -0.39 is 24.7 Å². The van der Waals surface area contributed by atoms with Crippen molar-refractivity contribution in [2.45, 2.75) is 18.9 Å². The number of pyridine rings is 1. The first-order valence-corrected chi connectivity index (χ1v) is 8.54. The Morgan fingerprint density at radius 1 is 1.63 bits per heavy atom. The number of anilines is 1. The molecule has 0 aromatic carbocycles. The van der Waals surface area contributed by atoms with Gasteiger partial charge in [-0.05, 0) is 30.2 Å². The van der Waals surface area contributed by atoms with Crippen LogP contribution in [0.25, 0.3) is 0 Å². The second-order valence-electron chi connectivity index (χ2n) is 5.35. The lowest BCUT2D eigenvalue weighted by molar-refractivity contribution is -0.110. The first-order chi connectivity index (χ1) is 13.0. The Bertz CT molecular complexity index is 782.